The van der Waals surface area contributed by atoms with E-state index in [4.69, 9.17) is 0 Å². The third-order valence-electron chi connectivity index (χ3n) is 3.50. The van der Waals surface area contributed by atoms with Crippen molar-refractivity contribution in [3.8, 4) is 5.75 Å². The topological polar surface area (TPSA) is 67.0 Å². The molecule has 1 aromatic heterocycles. The smallest absolute Gasteiger partial charge is 0.422 e. The number of H-pyrrole nitrogens is 1. The van der Waals surface area contributed by atoms with E-state index in [-0.39, 0.29) is 18.2 Å². The van der Waals surface area contributed by atoms with Crippen LogP contribution in [0.2, 0.25) is 0 Å². The van der Waals surface area contributed by atoms with E-state index in [0.717, 1.165) is 10.9 Å². The van der Waals surface area contributed by atoms with Crippen molar-refractivity contribution in [2.45, 2.75) is 12.7 Å². The third-order valence-corrected chi connectivity index (χ3v) is 3.50. The van der Waals surface area contributed by atoms with Gasteiger partial charge in [0.1, 0.15) is 5.75 Å². The van der Waals surface area contributed by atoms with Crippen LogP contribution in [0.3, 0.4) is 0 Å². The summed E-state index contributed by atoms with van der Waals surface area (Å²) in [5.74, 6) is -0.151. The number of alkyl halides is 3. The highest BCUT2D eigenvalue weighted by Gasteiger charge is 2.28. The first kappa shape index (κ1) is 16.8. The number of hydrogen-bond acceptors (Lipinski definition) is 3. The molecule has 0 aliphatic carbocycles. The highest BCUT2D eigenvalue weighted by atomic mass is 19.4. The predicted octanol–water partition coefficient (Wildman–Crippen LogP) is 3.43. The van der Waals surface area contributed by atoms with Crippen molar-refractivity contribution in [2.75, 3.05) is 6.61 Å². The largest absolute Gasteiger partial charge is 0.484 e. The number of fused-ring (bicyclic) bond motifs is 1. The number of amides is 1. The number of ether oxygens (including phenoxy) is 1. The number of halogens is 3. The first-order valence-corrected chi connectivity index (χ1v) is 7.41. The van der Waals surface area contributed by atoms with Crippen molar-refractivity contribution in [3.63, 3.8) is 0 Å². The van der Waals surface area contributed by atoms with Crippen molar-refractivity contribution < 1.29 is 22.7 Å². The minimum Gasteiger partial charge on any atom is -0.484 e. The van der Waals surface area contributed by atoms with E-state index in [1.165, 1.54) is 12.1 Å². The average molecular weight is 349 g/mol. The molecule has 0 radical (unpaired) electrons. The van der Waals surface area contributed by atoms with Crippen molar-refractivity contribution in [1.82, 2.24) is 15.5 Å². The van der Waals surface area contributed by atoms with Crippen LogP contribution >= 0.6 is 0 Å². The molecule has 2 aromatic carbocycles. The number of rotatable bonds is 5. The molecule has 5 nitrogen and oxygen atoms in total. The Morgan fingerprint density at radius 2 is 1.92 bits per heavy atom. The first-order chi connectivity index (χ1) is 11.9. The van der Waals surface area contributed by atoms with Gasteiger partial charge in [-0.25, -0.2) is 0 Å². The second-order valence-electron chi connectivity index (χ2n) is 5.37. The van der Waals surface area contributed by atoms with Crippen LogP contribution in [-0.2, 0) is 6.54 Å². The summed E-state index contributed by atoms with van der Waals surface area (Å²) in [5, 5.41) is 10.3. The lowest BCUT2D eigenvalue weighted by molar-refractivity contribution is -0.153. The molecule has 0 aliphatic rings. The van der Waals surface area contributed by atoms with Gasteiger partial charge in [0.25, 0.3) is 5.91 Å². The Balaban J connectivity index is 1.60. The van der Waals surface area contributed by atoms with Gasteiger partial charge in [0.2, 0.25) is 0 Å². The van der Waals surface area contributed by atoms with E-state index < -0.39 is 12.8 Å². The monoisotopic (exact) mass is 349 g/mol. The molecule has 130 valence electrons. The van der Waals surface area contributed by atoms with Gasteiger partial charge in [0, 0.05) is 11.9 Å². The summed E-state index contributed by atoms with van der Waals surface area (Å²) < 4.78 is 40.9. The van der Waals surface area contributed by atoms with Crippen LogP contribution in [0, 0.1) is 0 Å². The van der Waals surface area contributed by atoms with E-state index in [1.54, 1.807) is 30.5 Å². The highest BCUT2D eigenvalue weighted by Crippen LogP contribution is 2.19. The summed E-state index contributed by atoms with van der Waals surface area (Å²) in [6.45, 7) is -1.10. The normalized spacial score (nSPS) is 11.5. The quantitative estimate of drug-likeness (QED) is 0.742. The van der Waals surface area contributed by atoms with Gasteiger partial charge in [-0.05, 0) is 23.8 Å². The number of para-hydroxylation sites is 1. The zero-order chi connectivity index (χ0) is 17.9. The van der Waals surface area contributed by atoms with Crippen LogP contribution in [0.5, 0.6) is 5.75 Å². The Morgan fingerprint density at radius 3 is 2.64 bits per heavy atom. The molecule has 1 heterocycles. The highest BCUT2D eigenvalue weighted by molar-refractivity contribution is 6.05. The maximum Gasteiger partial charge on any atom is 0.422 e. The molecule has 8 heteroatoms. The fourth-order valence-corrected chi connectivity index (χ4v) is 2.30. The first-order valence-electron chi connectivity index (χ1n) is 7.41. The molecule has 3 rings (SSSR count). The number of benzene rings is 2. The number of carbonyl (C=O) groups excluding carboxylic acids is 1. The lowest BCUT2D eigenvalue weighted by Gasteiger charge is -2.10. The summed E-state index contributed by atoms with van der Waals surface area (Å²) in [6.07, 6.45) is -2.74. The van der Waals surface area contributed by atoms with E-state index >= 15 is 0 Å². The van der Waals surface area contributed by atoms with Gasteiger partial charge >= 0.3 is 6.18 Å². The van der Waals surface area contributed by atoms with Crippen LogP contribution in [0.4, 0.5) is 13.2 Å². The van der Waals surface area contributed by atoms with E-state index in [0.29, 0.717) is 11.1 Å². The fourth-order valence-electron chi connectivity index (χ4n) is 2.30. The predicted molar refractivity (Wildman–Crippen MR) is 85.3 cm³/mol. The van der Waals surface area contributed by atoms with Crippen LogP contribution in [-0.4, -0.2) is 28.9 Å². The number of nitrogens with one attached hydrogen (secondary N) is 2. The van der Waals surface area contributed by atoms with Gasteiger partial charge < -0.3 is 10.1 Å². The second kappa shape index (κ2) is 6.84. The SMILES string of the molecule is O=C(NCc1ccc(OCC(F)(F)F)cc1)c1cccc2cn[nH]c12. The number of aromatic nitrogens is 2. The molecule has 25 heavy (non-hydrogen) atoms. The third kappa shape index (κ3) is 4.28. The Bertz CT molecular complexity index is 873. The van der Waals surface area contributed by atoms with Gasteiger partial charge in [-0.15, -0.1) is 0 Å². The fraction of sp³-hybridized carbons (Fsp3) is 0.176. The maximum absolute atomic E-state index is 12.3. The molecule has 2 N–H and O–H groups in total. The molecular weight excluding hydrogens is 335 g/mol. The zero-order valence-electron chi connectivity index (χ0n) is 12.9. The van der Waals surface area contributed by atoms with Crippen molar-refractivity contribution in [3.05, 3.63) is 59.8 Å². The Kier molecular flexibility index (Phi) is 4.60. The average Bonchev–Trinajstić information content (AvgIpc) is 3.06. The molecule has 0 aliphatic heterocycles. The standard InChI is InChI=1S/C17H14F3N3O2/c18-17(19,20)10-25-13-6-4-11(5-7-13)8-21-16(24)14-3-1-2-12-9-22-23-15(12)14/h1-7,9H,8,10H2,(H,21,24)(H,22,23). The van der Waals surface area contributed by atoms with E-state index in [9.17, 15) is 18.0 Å². The van der Waals surface area contributed by atoms with Crippen molar-refractivity contribution in [2.24, 2.45) is 0 Å². The molecule has 0 saturated carbocycles. The van der Waals surface area contributed by atoms with Gasteiger partial charge in [0.05, 0.1) is 17.3 Å². The van der Waals surface area contributed by atoms with Gasteiger partial charge in [-0.1, -0.05) is 24.3 Å². The van der Waals surface area contributed by atoms with Crippen LogP contribution in [0.15, 0.2) is 48.7 Å². The second-order valence-corrected chi connectivity index (χ2v) is 5.37. The Morgan fingerprint density at radius 1 is 1.16 bits per heavy atom. The van der Waals surface area contributed by atoms with Gasteiger partial charge in [-0.3, -0.25) is 9.89 Å². The zero-order valence-corrected chi connectivity index (χ0v) is 12.9. The molecule has 3 aromatic rings. The summed E-state index contributed by atoms with van der Waals surface area (Å²) in [6, 6.07) is 11.4. The number of carbonyl (C=O) groups is 1. The summed E-state index contributed by atoms with van der Waals surface area (Å²) in [5.41, 5.74) is 1.86. The molecular formula is C17H14F3N3O2. The lowest BCUT2D eigenvalue weighted by atomic mass is 10.1. The van der Waals surface area contributed by atoms with E-state index in [2.05, 4.69) is 20.3 Å². The lowest BCUT2D eigenvalue weighted by Crippen LogP contribution is -2.23. The number of aromatic amines is 1. The number of hydrogen-bond donors (Lipinski definition) is 2. The van der Waals surface area contributed by atoms with Crippen LogP contribution in [0.1, 0.15) is 15.9 Å². The van der Waals surface area contributed by atoms with Crippen LogP contribution in [0.25, 0.3) is 10.9 Å². The maximum atomic E-state index is 12.3. The minimum absolute atomic E-state index is 0.120. The molecule has 0 atom stereocenters. The Hall–Kier alpha value is -3.03. The molecule has 0 unspecified atom stereocenters. The van der Waals surface area contributed by atoms with Gasteiger partial charge in [-0.2, -0.15) is 18.3 Å². The Labute approximate surface area is 140 Å². The summed E-state index contributed by atoms with van der Waals surface area (Å²) >= 11 is 0. The minimum atomic E-state index is -4.37. The van der Waals surface area contributed by atoms with Crippen molar-refractivity contribution >= 4 is 16.8 Å². The number of nitrogens with zero attached hydrogens (tertiary/aromatic N) is 1. The van der Waals surface area contributed by atoms with Gasteiger partial charge in [0.15, 0.2) is 6.61 Å². The molecule has 0 saturated heterocycles. The molecule has 0 spiro atoms. The van der Waals surface area contributed by atoms with Crippen molar-refractivity contribution in [1.29, 1.82) is 0 Å². The molecule has 0 fully saturated rings. The summed E-state index contributed by atoms with van der Waals surface area (Å²) in [4.78, 5) is 12.3. The van der Waals surface area contributed by atoms with E-state index in [1.807, 2.05) is 6.07 Å². The molecule has 1 amide bonds. The van der Waals surface area contributed by atoms with Crippen LogP contribution < -0.4 is 10.1 Å². The molecule has 0 bridgehead atoms. The summed E-state index contributed by atoms with van der Waals surface area (Å²) in [7, 11) is 0.